The van der Waals surface area contributed by atoms with Crippen LogP contribution in [0.15, 0.2) is 0 Å². The molecule has 0 aliphatic carbocycles. The van der Waals surface area contributed by atoms with Gasteiger partial charge in [0, 0.05) is 25.8 Å². The third-order valence-corrected chi connectivity index (χ3v) is 7.95. The minimum absolute atomic E-state index is 0.124. The van der Waals surface area contributed by atoms with Gasteiger partial charge in [0.05, 0.1) is 6.04 Å². The lowest BCUT2D eigenvalue weighted by atomic mass is 9.96. The Morgan fingerprint density at radius 1 is 0.729 bits per heavy atom. The average Bonchev–Trinajstić information content (AvgIpc) is 3.50. The number of carboxylic acids is 1. The summed E-state index contributed by atoms with van der Waals surface area (Å²) < 4.78 is 0. The Kier molecular flexibility index (Phi) is 17.0. The Balaban J connectivity index is 3.22. The lowest BCUT2D eigenvalue weighted by molar-refractivity contribution is -0.144. The molecule has 0 aromatic rings. The molecule has 0 spiro atoms. The molecule has 1 aliphatic rings. The van der Waals surface area contributed by atoms with Crippen LogP contribution < -0.4 is 44.2 Å². The van der Waals surface area contributed by atoms with Gasteiger partial charge in [0.15, 0.2) is 0 Å². The molecule has 13 N–H and O–H groups in total. The summed E-state index contributed by atoms with van der Waals surface area (Å²) in [5.74, 6) is -7.97. The number of hydrogen-bond donors (Lipinski definition) is 9. The molecule has 1 heterocycles. The molecule has 0 aromatic carbocycles. The van der Waals surface area contributed by atoms with E-state index in [1.165, 1.54) is 11.8 Å². The van der Waals surface area contributed by atoms with Crippen LogP contribution in [0.2, 0.25) is 0 Å². The Morgan fingerprint density at radius 3 is 1.65 bits per heavy atom. The number of carbonyl (C=O) groups excluding carboxylic acids is 8. The molecule has 1 saturated heterocycles. The zero-order valence-electron chi connectivity index (χ0n) is 27.5. The van der Waals surface area contributed by atoms with E-state index in [1.807, 2.05) is 0 Å². The summed E-state index contributed by atoms with van der Waals surface area (Å²) in [6.07, 6.45) is -0.689. The zero-order valence-corrected chi connectivity index (χ0v) is 27.5. The normalized spacial score (nSPS) is 17.8. The maximum absolute atomic E-state index is 13.9. The van der Waals surface area contributed by atoms with Crippen LogP contribution in [0.25, 0.3) is 0 Å². The first-order valence-electron chi connectivity index (χ1n) is 15.7. The monoisotopic (exact) mass is 683 g/mol. The maximum Gasteiger partial charge on any atom is 0.326 e. The van der Waals surface area contributed by atoms with E-state index in [9.17, 15) is 48.3 Å². The fourth-order valence-electron chi connectivity index (χ4n) is 4.92. The molecule has 1 aliphatic heterocycles. The largest absolute Gasteiger partial charge is 0.480 e. The summed E-state index contributed by atoms with van der Waals surface area (Å²) in [5.41, 5.74) is 21.1. The number of amides is 8. The Hall–Kier alpha value is -4.81. The number of hydrogen-bond acceptors (Lipinski definition) is 10. The smallest absolute Gasteiger partial charge is 0.326 e. The SMILES string of the molecule is CC[C@H](C)[C@H](NC(=O)[C@H](CCC(N)=O)NC(=O)[C@H](C)N)C(=O)N1CCC[C@H]1C(=O)N[C@@H](CCC(N)=O)C(=O)N[C@@H](CCC(N)=O)C(=O)O. The van der Waals surface area contributed by atoms with Crippen molar-refractivity contribution in [3.05, 3.63) is 0 Å². The summed E-state index contributed by atoms with van der Waals surface area (Å²) in [6.45, 7) is 5.01. The second-order valence-electron chi connectivity index (χ2n) is 11.9. The van der Waals surface area contributed by atoms with Gasteiger partial charge < -0.3 is 54.2 Å². The van der Waals surface area contributed by atoms with Crippen LogP contribution in [0.1, 0.15) is 78.6 Å². The molecule has 0 saturated carbocycles. The van der Waals surface area contributed by atoms with Crippen LogP contribution in [0.5, 0.6) is 0 Å². The average molecular weight is 684 g/mol. The van der Waals surface area contributed by atoms with Crippen molar-refractivity contribution in [1.82, 2.24) is 26.2 Å². The van der Waals surface area contributed by atoms with E-state index >= 15 is 0 Å². The zero-order chi connectivity index (χ0) is 36.7. The molecule has 48 heavy (non-hydrogen) atoms. The van der Waals surface area contributed by atoms with Crippen LogP contribution in [-0.4, -0.2) is 106 Å². The van der Waals surface area contributed by atoms with Crippen molar-refractivity contribution in [3.8, 4) is 0 Å². The summed E-state index contributed by atoms with van der Waals surface area (Å²) >= 11 is 0. The van der Waals surface area contributed by atoms with Gasteiger partial charge in [-0.05, 0) is 44.9 Å². The molecular formula is C29H49N9O10. The van der Waals surface area contributed by atoms with Crippen molar-refractivity contribution in [2.24, 2.45) is 28.9 Å². The molecule has 0 radical (unpaired) electrons. The predicted octanol–water partition coefficient (Wildman–Crippen LogP) is -3.81. The number of carboxylic acid groups (broad SMARTS) is 1. The highest BCUT2D eigenvalue weighted by Crippen LogP contribution is 2.22. The highest BCUT2D eigenvalue weighted by atomic mass is 16.4. The molecule has 0 aromatic heterocycles. The minimum Gasteiger partial charge on any atom is -0.480 e. The Morgan fingerprint density at radius 2 is 1.19 bits per heavy atom. The van der Waals surface area contributed by atoms with Crippen molar-refractivity contribution in [2.75, 3.05) is 6.54 Å². The van der Waals surface area contributed by atoms with Gasteiger partial charge in [0.2, 0.25) is 47.3 Å². The van der Waals surface area contributed by atoms with E-state index in [0.717, 1.165) is 0 Å². The van der Waals surface area contributed by atoms with Gasteiger partial charge in [-0.25, -0.2) is 4.79 Å². The van der Waals surface area contributed by atoms with Gasteiger partial charge in [0.1, 0.15) is 30.2 Å². The van der Waals surface area contributed by atoms with Crippen LogP contribution in [-0.2, 0) is 43.2 Å². The third kappa shape index (κ3) is 13.5. The minimum atomic E-state index is -1.52. The lowest BCUT2D eigenvalue weighted by Gasteiger charge is -2.33. The summed E-state index contributed by atoms with van der Waals surface area (Å²) in [7, 11) is 0. The van der Waals surface area contributed by atoms with E-state index in [4.69, 9.17) is 22.9 Å². The standard InChI is InChI=1S/C29H49N9O10/c1-4-14(2)23(37-26(44)17(8-11-21(32)40)34-24(42)15(3)30)28(46)38-13-5-6-19(38)27(45)35-16(7-10-20(31)39)25(43)36-18(29(47)48)9-12-22(33)41/h14-19,23H,4-13,30H2,1-3H3,(H2,31,39)(H2,32,40)(H2,33,41)(H,34,42)(H,35,45)(H,36,43)(H,37,44)(H,47,48)/t14-,15-,16-,17-,18-,19-,23-/m0/s1. The van der Waals surface area contributed by atoms with Gasteiger partial charge in [-0.3, -0.25) is 38.4 Å². The number of primary amides is 3. The number of nitrogens with one attached hydrogen (secondary N) is 4. The number of rotatable bonds is 21. The number of carbonyl (C=O) groups is 9. The number of nitrogens with zero attached hydrogens (tertiary/aromatic N) is 1. The summed E-state index contributed by atoms with van der Waals surface area (Å²) in [6, 6.07) is -7.42. The summed E-state index contributed by atoms with van der Waals surface area (Å²) in [5, 5.41) is 19.3. The second-order valence-corrected chi connectivity index (χ2v) is 11.9. The molecule has 0 unspecified atom stereocenters. The van der Waals surface area contributed by atoms with Crippen molar-refractivity contribution in [2.45, 2.75) is 115 Å². The number of likely N-dealkylation sites (tertiary alicyclic amines) is 1. The van der Waals surface area contributed by atoms with Crippen LogP contribution in [0.4, 0.5) is 0 Å². The molecule has 19 nitrogen and oxygen atoms in total. The van der Waals surface area contributed by atoms with Crippen molar-refractivity contribution < 1.29 is 48.3 Å². The number of aliphatic carboxylic acids is 1. The first-order chi connectivity index (χ1) is 22.4. The van der Waals surface area contributed by atoms with E-state index in [1.54, 1.807) is 13.8 Å². The Bertz CT molecular complexity index is 1230. The Labute approximate surface area is 278 Å². The van der Waals surface area contributed by atoms with Gasteiger partial charge in [0.25, 0.3) is 0 Å². The van der Waals surface area contributed by atoms with Crippen molar-refractivity contribution in [3.63, 3.8) is 0 Å². The van der Waals surface area contributed by atoms with Crippen molar-refractivity contribution in [1.29, 1.82) is 0 Å². The second kappa shape index (κ2) is 19.8. The van der Waals surface area contributed by atoms with E-state index in [2.05, 4.69) is 21.3 Å². The van der Waals surface area contributed by atoms with E-state index in [-0.39, 0.29) is 51.5 Å². The molecule has 1 fully saturated rings. The topological polar surface area (TPSA) is 329 Å². The van der Waals surface area contributed by atoms with Gasteiger partial charge in [-0.1, -0.05) is 20.3 Å². The highest BCUT2D eigenvalue weighted by molar-refractivity contribution is 5.97. The maximum atomic E-state index is 13.9. The van der Waals surface area contributed by atoms with Crippen LogP contribution >= 0.6 is 0 Å². The molecule has 0 bridgehead atoms. The van der Waals surface area contributed by atoms with Crippen LogP contribution in [0.3, 0.4) is 0 Å². The number of nitrogens with two attached hydrogens (primary N) is 4. The highest BCUT2D eigenvalue weighted by Gasteiger charge is 2.41. The van der Waals surface area contributed by atoms with Gasteiger partial charge >= 0.3 is 5.97 Å². The lowest BCUT2D eigenvalue weighted by Crippen LogP contribution is -2.60. The predicted molar refractivity (Wildman–Crippen MR) is 168 cm³/mol. The quantitative estimate of drug-likeness (QED) is 0.0564. The van der Waals surface area contributed by atoms with Crippen molar-refractivity contribution >= 4 is 53.2 Å². The molecule has 7 atom stereocenters. The first-order valence-corrected chi connectivity index (χ1v) is 15.7. The van der Waals surface area contributed by atoms with Gasteiger partial charge in [-0.2, -0.15) is 0 Å². The molecule has 1 rings (SSSR count). The fourth-order valence-corrected chi connectivity index (χ4v) is 4.92. The van der Waals surface area contributed by atoms with Crippen LogP contribution in [0, 0.1) is 5.92 Å². The van der Waals surface area contributed by atoms with Gasteiger partial charge in [-0.15, -0.1) is 0 Å². The first kappa shape index (κ1) is 41.2. The molecule has 19 heteroatoms. The molecule has 270 valence electrons. The molecular weight excluding hydrogens is 634 g/mol. The molecule has 8 amide bonds. The van der Waals surface area contributed by atoms with E-state index < -0.39 is 95.4 Å². The fraction of sp³-hybridized carbons (Fsp3) is 0.690. The summed E-state index contributed by atoms with van der Waals surface area (Å²) in [4.78, 5) is 113. The van der Waals surface area contributed by atoms with E-state index in [0.29, 0.717) is 12.8 Å². The third-order valence-electron chi connectivity index (χ3n) is 7.95.